The smallest absolute Gasteiger partial charge is 0.243 e. The Morgan fingerprint density at radius 2 is 1.53 bits per heavy atom. The van der Waals surface area contributed by atoms with Crippen LogP contribution in [0.2, 0.25) is 0 Å². The molecule has 0 radical (unpaired) electrons. The number of amides is 2. The van der Waals surface area contributed by atoms with Crippen LogP contribution in [0.1, 0.15) is 55.9 Å². The molecule has 190 valence electrons. The average Bonchev–Trinajstić information content (AvgIpc) is 2.90. The Kier molecular flexibility index (Phi) is 10.7. The van der Waals surface area contributed by atoms with Gasteiger partial charge in [-0.05, 0) is 60.6 Å². The number of nitrogens with zero attached hydrogens (tertiary/aromatic N) is 1. The van der Waals surface area contributed by atoms with E-state index in [-0.39, 0.29) is 17.9 Å². The molecule has 0 aromatic heterocycles. The van der Waals surface area contributed by atoms with Gasteiger partial charge in [-0.15, -0.1) is 0 Å². The van der Waals surface area contributed by atoms with E-state index in [0.29, 0.717) is 25.8 Å². The van der Waals surface area contributed by atoms with Crippen molar-refractivity contribution in [3.05, 3.63) is 106 Å². The van der Waals surface area contributed by atoms with Crippen LogP contribution >= 0.6 is 15.9 Å². The summed E-state index contributed by atoms with van der Waals surface area (Å²) in [5, 5.41) is 3.13. The monoisotopic (exact) mass is 548 g/mol. The lowest BCUT2D eigenvalue weighted by Crippen LogP contribution is -2.52. The fourth-order valence-corrected chi connectivity index (χ4v) is 4.61. The molecule has 0 aliphatic carbocycles. The first kappa shape index (κ1) is 27.7. The van der Waals surface area contributed by atoms with Gasteiger partial charge in [0.05, 0.1) is 0 Å². The quantitative estimate of drug-likeness (QED) is 0.281. The van der Waals surface area contributed by atoms with Crippen molar-refractivity contribution in [2.75, 3.05) is 0 Å². The minimum Gasteiger partial charge on any atom is -0.352 e. The van der Waals surface area contributed by atoms with Gasteiger partial charge in [0, 0.05) is 29.9 Å². The minimum atomic E-state index is -0.602. The van der Waals surface area contributed by atoms with E-state index in [1.807, 2.05) is 68.4 Å². The number of carbonyl (C=O) groups is 2. The van der Waals surface area contributed by atoms with Crippen LogP contribution in [0.4, 0.5) is 0 Å². The van der Waals surface area contributed by atoms with Crippen LogP contribution in [0.5, 0.6) is 0 Å². The zero-order valence-electron chi connectivity index (χ0n) is 21.5. The molecule has 2 amide bonds. The predicted molar refractivity (Wildman–Crippen MR) is 151 cm³/mol. The number of halogens is 1. The van der Waals surface area contributed by atoms with Crippen molar-refractivity contribution in [2.45, 2.75) is 71.5 Å². The third kappa shape index (κ3) is 8.34. The third-order valence-corrected chi connectivity index (χ3v) is 7.07. The van der Waals surface area contributed by atoms with Crippen LogP contribution in [-0.4, -0.2) is 28.8 Å². The predicted octanol–water partition coefficient (Wildman–Crippen LogP) is 6.50. The van der Waals surface area contributed by atoms with E-state index in [2.05, 4.69) is 52.4 Å². The maximum Gasteiger partial charge on any atom is 0.243 e. The third-order valence-electron chi connectivity index (χ3n) is 6.57. The molecule has 3 aromatic rings. The summed E-state index contributed by atoms with van der Waals surface area (Å²) in [6, 6.07) is 25.8. The van der Waals surface area contributed by atoms with E-state index in [9.17, 15) is 9.59 Å². The first-order valence-corrected chi connectivity index (χ1v) is 13.6. The second kappa shape index (κ2) is 14.0. The van der Waals surface area contributed by atoms with Gasteiger partial charge in [0.1, 0.15) is 6.04 Å². The Hall–Kier alpha value is -2.92. The second-order valence-electron chi connectivity index (χ2n) is 9.35. The molecule has 0 fully saturated rings. The van der Waals surface area contributed by atoms with Crippen LogP contribution < -0.4 is 5.32 Å². The van der Waals surface area contributed by atoms with Gasteiger partial charge in [0.15, 0.2) is 0 Å². The first-order valence-electron chi connectivity index (χ1n) is 12.9. The molecule has 3 aromatic carbocycles. The maximum absolute atomic E-state index is 13.8. The number of hydrogen-bond acceptors (Lipinski definition) is 2. The summed E-state index contributed by atoms with van der Waals surface area (Å²) in [6.07, 6.45) is 3.28. The average molecular weight is 550 g/mol. The van der Waals surface area contributed by atoms with Crippen molar-refractivity contribution in [3.8, 4) is 0 Å². The zero-order chi connectivity index (χ0) is 25.9. The van der Waals surface area contributed by atoms with Gasteiger partial charge in [-0.2, -0.15) is 0 Å². The normalized spacial score (nSPS) is 12.6. The molecule has 0 saturated carbocycles. The lowest BCUT2D eigenvalue weighted by molar-refractivity contribution is -0.141. The van der Waals surface area contributed by atoms with E-state index in [1.54, 1.807) is 4.90 Å². The summed E-state index contributed by atoms with van der Waals surface area (Å²) in [5.74, 6) is -0.126. The van der Waals surface area contributed by atoms with Crippen LogP contribution in [0.25, 0.3) is 0 Å². The number of carbonyl (C=O) groups excluding carboxylic acids is 2. The van der Waals surface area contributed by atoms with E-state index < -0.39 is 6.04 Å². The highest BCUT2D eigenvalue weighted by Crippen LogP contribution is 2.19. The molecule has 0 spiro atoms. The second-order valence-corrected chi connectivity index (χ2v) is 10.3. The van der Waals surface area contributed by atoms with Gasteiger partial charge in [0.2, 0.25) is 11.8 Å². The molecule has 36 heavy (non-hydrogen) atoms. The summed E-state index contributed by atoms with van der Waals surface area (Å²) < 4.78 is 0.951. The molecule has 2 unspecified atom stereocenters. The molecule has 0 aliphatic rings. The van der Waals surface area contributed by atoms with Gasteiger partial charge < -0.3 is 10.2 Å². The fraction of sp³-hybridized carbons (Fsp3) is 0.355. The van der Waals surface area contributed by atoms with Crippen LogP contribution in [0.15, 0.2) is 83.3 Å². The molecule has 5 heteroatoms. The molecule has 4 nitrogen and oxygen atoms in total. The molecule has 0 saturated heterocycles. The van der Waals surface area contributed by atoms with Crippen LogP contribution in [0, 0.1) is 0 Å². The molecular formula is C31H37BrN2O2. The lowest BCUT2D eigenvalue weighted by atomic mass is 10.0. The minimum absolute atomic E-state index is 0.0187. The highest BCUT2D eigenvalue weighted by molar-refractivity contribution is 9.10. The Morgan fingerprint density at radius 1 is 0.861 bits per heavy atom. The van der Waals surface area contributed by atoms with Crippen molar-refractivity contribution < 1.29 is 9.59 Å². The Labute approximate surface area is 224 Å². The van der Waals surface area contributed by atoms with Gasteiger partial charge in [-0.1, -0.05) is 96.5 Å². The highest BCUT2D eigenvalue weighted by atomic mass is 79.9. The summed E-state index contributed by atoms with van der Waals surface area (Å²) in [6.45, 7) is 6.55. The summed E-state index contributed by atoms with van der Waals surface area (Å²) in [5.41, 5.74) is 4.43. The van der Waals surface area contributed by atoms with Crippen molar-refractivity contribution in [3.63, 3.8) is 0 Å². The largest absolute Gasteiger partial charge is 0.352 e. The molecule has 0 aliphatic heterocycles. The van der Waals surface area contributed by atoms with E-state index in [4.69, 9.17) is 0 Å². The summed E-state index contributed by atoms with van der Waals surface area (Å²) >= 11 is 3.54. The van der Waals surface area contributed by atoms with Gasteiger partial charge >= 0.3 is 0 Å². The van der Waals surface area contributed by atoms with Gasteiger partial charge in [-0.25, -0.2) is 0 Å². The van der Waals surface area contributed by atoms with Crippen LogP contribution in [-0.2, 0) is 35.4 Å². The zero-order valence-corrected chi connectivity index (χ0v) is 23.1. The summed E-state index contributed by atoms with van der Waals surface area (Å²) in [4.78, 5) is 29.1. The van der Waals surface area contributed by atoms with E-state index in [0.717, 1.165) is 34.0 Å². The maximum atomic E-state index is 13.8. The van der Waals surface area contributed by atoms with Gasteiger partial charge in [-0.3, -0.25) is 9.59 Å². The Morgan fingerprint density at radius 3 is 2.17 bits per heavy atom. The van der Waals surface area contributed by atoms with E-state index >= 15 is 0 Å². The molecule has 0 heterocycles. The Balaban J connectivity index is 1.89. The molecule has 2 atom stereocenters. The van der Waals surface area contributed by atoms with Crippen molar-refractivity contribution in [2.24, 2.45) is 0 Å². The van der Waals surface area contributed by atoms with Crippen molar-refractivity contribution >= 4 is 27.7 Å². The van der Waals surface area contributed by atoms with E-state index in [1.165, 1.54) is 5.56 Å². The lowest BCUT2D eigenvalue weighted by Gasteiger charge is -2.32. The van der Waals surface area contributed by atoms with Crippen molar-refractivity contribution in [1.29, 1.82) is 0 Å². The summed E-state index contributed by atoms with van der Waals surface area (Å²) in [7, 11) is 0. The molecule has 3 rings (SSSR count). The standard InChI is InChI=1S/C31H37BrN2O2/c1-4-23(3)33-31(36)29(21-26-10-7-6-8-11-26)34(22-27-12-9-13-28(32)20-27)30(35)19-18-25-16-14-24(5-2)15-17-25/h6-17,20,23,29H,4-5,18-19,21-22H2,1-3H3,(H,33,36). The number of hydrogen-bond donors (Lipinski definition) is 1. The number of aryl methyl sites for hydroxylation is 2. The molecular weight excluding hydrogens is 512 g/mol. The molecule has 0 bridgehead atoms. The molecule has 1 N–H and O–H groups in total. The highest BCUT2D eigenvalue weighted by Gasteiger charge is 2.30. The SMILES string of the molecule is CCc1ccc(CCC(=O)N(Cc2cccc(Br)c2)C(Cc2ccccc2)C(=O)NC(C)CC)cc1. The van der Waals surface area contributed by atoms with Crippen LogP contribution in [0.3, 0.4) is 0 Å². The topological polar surface area (TPSA) is 49.4 Å². The first-order chi connectivity index (χ1) is 17.4. The number of rotatable bonds is 12. The Bertz CT molecular complexity index is 1110. The van der Waals surface area contributed by atoms with Gasteiger partial charge in [0.25, 0.3) is 0 Å². The number of benzene rings is 3. The number of nitrogens with one attached hydrogen (secondary N) is 1. The van der Waals surface area contributed by atoms with Crippen molar-refractivity contribution in [1.82, 2.24) is 10.2 Å². The fourth-order valence-electron chi connectivity index (χ4n) is 4.16.